The highest BCUT2D eigenvalue weighted by Crippen LogP contribution is 2.25. The minimum absolute atomic E-state index is 0.00239. The number of carbonyl (C=O) groups excluding carboxylic acids is 1. The summed E-state index contributed by atoms with van der Waals surface area (Å²) in [5, 5.41) is 14.9. The van der Waals surface area contributed by atoms with E-state index < -0.39 is 0 Å². The highest BCUT2D eigenvalue weighted by Gasteiger charge is 2.08. The summed E-state index contributed by atoms with van der Waals surface area (Å²) < 4.78 is 0.799. The first-order valence-electron chi connectivity index (χ1n) is 6.67. The standard InChI is InChI=1S/C14H18N4OS2/c1-10(2)16-13-17-18-14(21-13)20-9-12(19)15-8-11-6-4-3-5-7-11/h3-7,10H,8-9H2,1-2H3,(H,15,19)(H,16,17). The molecule has 5 nitrogen and oxygen atoms in total. The summed E-state index contributed by atoms with van der Waals surface area (Å²) in [5.41, 5.74) is 1.09. The van der Waals surface area contributed by atoms with Gasteiger partial charge >= 0.3 is 0 Å². The van der Waals surface area contributed by atoms with Crippen molar-refractivity contribution in [2.75, 3.05) is 11.1 Å². The van der Waals surface area contributed by atoms with Crippen LogP contribution in [0.1, 0.15) is 19.4 Å². The maximum absolute atomic E-state index is 11.8. The lowest BCUT2D eigenvalue weighted by Crippen LogP contribution is -2.24. The first kappa shape index (κ1) is 15.8. The zero-order valence-electron chi connectivity index (χ0n) is 12.0. The predicted molar refractivity (Wildman–Crippen MR) is 87.7 cm³/mol. The third kappa shape index (κ3) is 5.73. The Bertz CT molecular complexity index is 571. The third-order valence-corrected chi connectivity index (χ3v) is 4.47. The third-order valence-electron chi connectivity index (χ3n) is 2.48. The molecular weight excluding hydrogens is 304 g/mol. The predicted octanol–water partition coefficient (Wildman–Crippen LogP) is 2.77. The Morgan fingerprint density at radius 2 is 2.05 bits per heavy atom. The first-order valence-corrected chi connectivity index (χ1v) is 8.47. The van der Waals surface area contributed by atoms with E-state index in [1.807, 2.05) is 44.2 Å². The Balaban J connectivity index is 1.72. The van der Waals surface area contributed by atoms with Crippen molar-refractivity contribution in [1.82, 2.24) is 15.5 Å². The van der Waals surface area contributed by atoms with E-state index >= 15 is 0 Å². The second-order valence-corrected chi connectivity index (χ2v) is 6.92. The molecule has 0 aliphatic rings. The van der Waals surface area contributed by atoms with E-state index in [0.29, 0.717) is 18.3 Å². The summed E-state index contributed by atoms with van der Waals surface area (Å²) in [6.07, 6.45) is 0. The summed E-state index contributed by atoms with van der Waals surface area (Å²) >= 11 is 2.87. The monoisotopic (exact) mass is 322 g/mol. The van der Waals surface area contributed by atoms with E-state index in [4.69, 9.17) is 0 Å². The molecule has 1 heterocycles. The van der Waals surface area contributed by atoms with Crippen LogP contribution in [0.25, 0.3) is 0 Å². The van der Waals surface area contributed by atoms with Crippen molar-refractivity contribution < 1.29 is 4.79 Å². The minimum Gasteiger partial charge on any atom is -0.358 e. The van der Waals surface area contributed by atoms with Gasteiger partial charge in [-0.2, -0.15) is 0 Å². The van der Waals surface area contributed by atoms with Crippen LogP contribution >= 0.6 is 23.1 Å². The van der Waals surface area contributed by atoms with Crippen LogP contribution in [-0.2, 0) is 11.3 Å². The van der Waals surface area contributed by atoms with Crippen molar-refractivity contribution in [3.05, 3.63) is 35.9 Å². The molecule has 1 aromatic carbocycles. The molecule has 0 spiro atoms. The molecule has 0 radical (unpaired) electrons. The molecule has 2 aromatic rings. The van der Waals surface area contributed by atoms with Gasteiger partial charge in [-0.3, -0.25) is 4.79 Å². The fourth-order valence-electron chi connectivity index (χ4n) is 1.55. The van der Waals surface area contributed by atoms with Crippen LogP contribution in [0.3, 0.4) is 0 Å². The molecule has 0 fully saturated rings. The Morgan fingerprint density at radius 3 is 2.76 bits per heavy atom. The Labute approximate surface area is 132 Å². The molecule has 0 atom stereocenters. The van der Waals surface area contributed by atoms with E-state index in [9.17, 15) is 4.79 Å². The molecule has 0 aliphatic carbocycles. The van der Waals surface area contributed by atoms with E-state index in [1.54, 1.807) is 0 Å². The normalized spacial score (nSPS) is 10.6. The average molecular weight is 322 g/mol. The summed E-state index contributed by atoms with van der Waals surface area (Å²) in [7, 11) is 0. The van der Waals surface area contributed by atoms with E-state index in [2.05, 4.69) is 20.8 Å². The second kappa shape index (κ2) is 7.99. The van der Waals surface area contributed by atoms with Gasteiger partial charge in [0, 0.05) is 12.6 Å². The minimum atomic E-state index is -0.00239. The molecule has 21 heavy (non-hydrogen) atoms. The molecule has 1 amide bonds. The quantitative estimate of drug-likeness (QED) is 0.767. The van der Waals surface area contributed by atoms with Crippen molar-refractivity contribution >= 4 is 34.1 Å². The molecule has 0 aliphatic heterocycles. The van der Waals surface area contributed by atoms with Gasteiger partial charge in [-0.25, -0.2) is 0 Å². The van der Waals surface area contributed by atoms with E-state index in [-0.39, 0.29) is 5.91 Å². The van der Waals surface area contributed by atoms with Crippen molar-refractivity contribution in [1.29, 1.82) is 0 Å². The van der Waals surface area contributed by atoms with Crippen LogP contribution < -0.4 is 10.6 Å². The van der Waals surface area contributed by atoms with Gasteiger partial charge in [-0.1, -0.05) is 53.4 Å². The number of hydrogen-bond acceptors (Lipinski definition) is 6. The number of benzene rings is 1. The number of hydrogen-bond donors (Lipinski definition) is 2. The Kier molecular flexibility index (Phi) is 6.01. The average Bonchev–Trinajstić information content (AvgIpc) is 2.91. The molecule has 112 valence electrons. The number of aromatic nitrogens is 2. The van der Waals surface area contributed by atoms with Gasteiger partial charge in [-0.15, -0.1) is 10.2 Å². The lowest BCUT2D eigenvalue weighted by Gasteiger charge is -2.04. The molecule has 0 bridgehead atoms. The number of thioether (sulfide) groups is 1. The van der Waals surface area contributed by atoms with Crippen LogP contribution in [0.5, 0.6) is 0 Å². The van der Waals surface area contributed by atoms with Gasteiger partial charge in [0.15, 0.2) is 4.34 Å². The number of carbonyl (C=O) groups is 1. The molecule has 7 heteroatoms. The van der Waals surface area contributed by atoms with Crippen molar-refractivity contribution in [3.8, 4) is 0 Å². The number of nitrogens with zero attached hydrogens (tertiary/aromatic N) is 2. The molecule has 0 saturated carbocycles. The molecule has 2 rings (SSSR count). The van der Waals surface area contributed by atoms with E-state index in [1.165, 1.54) is 23.1 Å². The highest BCUT2D eigenvalue weighted by molar-refractivity contribution is 8.01. The number of rotatable bonds is 7. The van der Waals surface area contributed by atoms with Crippen LogP contribution in [-0.4, -0.2) is 27.9 Å². The van der Waals surface area contributed by atoms with Crippen LogP contribution in [0.2, 0.25) is 0 Å². The van der Waals surface area contributed by atoms with Gasteiger partial charge in [0.2, 0.25) is 11.0 Å². The highest BCUT2D eigenvalue weighted by atomic mass is 32.2. The van der Waals surface area contributed by atoms with Crippen molar-refractivity contribution in [2.24, 2.45) is 0 Å². The smallest absolute Gasteiger partial charge is 0.230 e. The lowest BCUT2D eigenvalue weighted by atomic mass is 10.2. The SMILES string of the molecule is CC(C)Nc1nnc(SCC(=O)NCc2ccccc2)s1. The Hall–Kier alpha value is -1.60. The topological polar surface area (TPSA) is 66.9 Å². The summed E-state index contributed by atoms with van der Waals surface area (Å²) in [6, 6.07) is 10.2. The first-order chi connectivity index (χ1) is 10.1. The van der Waals surface area contributed by atoms with Gasteiger partial charge < -0.3 is 10.6 Å². The van der Waals surface area contributed by atoms with Gasteiger partial charge in [0.05, 0.1) is 5.75 Å². The largest absolute Gasteiger partial charge is 0.358 e. The number of amides is 1. The van der Waals surface area contributed by atoms with E-state index in [0.717, 1.165) is 15.0 Å². The molecule has 0 unspecified atom stereocenters. The fourth-order valence-corrected chi connectivity index (χ4v) is 3.28. The second-order valence-electron chi connectivity index (χ2n) is 4.72. The lowest BCUT2D eigenvalue weighted by molar-refractivity contribution is -0.118. The van der Waals surface area contributed by atoms with Crippen molar-refractivity contribution in [2.45, 2.75) is 30.8 Å². The summed E-state index contributed by atoms with van der Waals surface area (Å²) in [6.45, 7) is 4.65. The van der Waals surface area contributed by atoms with Gasteiger partial charge in [0.1, 0.15) is 0 Å². The Morgan fingerprint density at radius 1 is 1.29 bits per heavy atom. The molecule has 0 saturated heterocycles. The molecule has 1 aromatic heterocycles. The van der Waals surface area contributed by atoms with Crippen LogP contribution in [0, 0.1) is 0 Å². The van der Waals surface area contributed by atoms with Crippen molar-refractivity contribution in [3.63, 3.8) is 0 Å². The van der Waals surface area contributed by atoms with Gasteiger partial charge in [-0.05, 0) is 19.4 Å². The zero-order chi connectivity index (χ0) is 15.1. The summed E-state index contributed by atoms with van der Waals surface area (Å²) in [4.78, 5) is 11.8. The molecule has 2 N–H and O–H groups in total. The maximum atomic E-state index is 11.8. The maximum Gasteiger partial charge on any atom is 0.230 e. The number of anilines is 1. The fraction of sp³-hybridized carbons (Fsp3) is 0.357. The van der Waals surface area contributed by atoms with Crippen LogP contribution in [0.4, 0.5) is 5.13 Å². The summed E-state index contributed by atoms with van der Waals surface area (Å²) in [5.74, 6) is 0.348. The van der Waals surface area contributed by atoms with Gasteiger partial charge in [0.25, 0.3) is 0 Å². The zero-order valence-corrected chi connectivity index (χ0v) is 13.6. The molecular formula is C14H18N4OS2. The van der Waals surface area contributed by atoms with Crippen LogP contribution in [0.15, 0.2) is 34.7 Å². The number of nitrogens with one attached hydrogen (secondary N) is 2.